The van der Waals surface area contributed by atoms with Gasteiger partial charge in [-0.15, -0.1) is 23.7 Å². The fourth-order valence-electron chi connectivity index (χ4n) is 1.21. The lowest BCUT2D eigenvalue weighted by Gasteiger charge is -2.02. The fraction of sp³-hybridized carbons (Fsp3) is 0.364. The second kappa shape index (κ2) is 6.54. The van der Waals surface area contributed by atoms with E-state index < -0.39 is 16.0 Å². The number of nitrogens with one attached hydrogen (secondary N) is 1. The summed E-state index contributed by atoms with van der Waals surface area (Å²) in [7, 11) is -3.55. The first-order valence-corrected chi connectivity index (χ1v) is 7.49. The average Bonchev–Trinajstić information content (AvgIpc) is 2.73. The van der Waals surface area contributed by atoms with Crippen molar-refractivity contribution in [2.75, 3.05) is 6.54 Å². The van der Waals surface area contributed by atoms with Crippen LogP contribution in [0, 0.1) is 12.3 Å². The molecular formula is C11H13NO4S2. The second-order valence-corrected chi connectivity index (χ2v) is 6.66. The molecule has 0 saturated carbocycles. The highest BCUT2D eigenvalue weighted by Gasteiger charge is 2.16. The number of carbonyl (C=O) groups is 1. The van der Waals surface area contributed by atoms with Gasteiger partial charge in [-0.1, -0.05) is 0 Å². The van der Waals surface area contributed by atoms with Crippen LogP contribution >= 0.6 is 11.3 Å². The fourth-order valence-corrected chi connectivity index (χ4v) is 3.68. The Labute approximate surface area is 110 Å². The van der Waals surface area contributed by atoms with E-state index in [0.29, 0.717) is 17.7 Å². The van der Waals surface area contributed by atoms with Crippen molar-refractivity contribution in [2.45, 2.75) is 23.5 Å². The van der Waals surface area contributed by atoms with Crippen LogP contribution in [0.25, 0.3) is 0 Å². The molecule has 1 aromatic heterocycles. The number of rotatable bonds is 7. The van der Waals surface area contributed by atoms with Crippen molar-refractivity contribution in [2.24, 2.45) is 0 Å². The van der Waals surface area contributed by atoms with Gasteiger partial charge in [0, 0.05) is 17.8 Å². The van der Waals surface area contributed by atoms with Gasteiger partial charge in [0.1, 0.15) is 4.21 Å². The van der Waals surface area contributed by atoms with Crippen LogP contribution in [0.1, 0.15) is 17.7 Å². The zero-order chi connectivity index (χ0) is 13.6. The van der Waals surface area contributed by atoms with Crippen LogP contribution in [0.15, 0.2) is 16.3 Å². The maximum absolute atomic E-state index is 11.8. The first-order valence-electron chi connectivity index (χ1n) is 5.19. The summed E-state index contributed by atoms with van der Waals surface area (Å²) in [6, 6.07) is 2.92. The molecule has 5 nitrogen and oxygen atoms in total. The number of sulfonamides is 1. The van der Waals surface area contributed by atoms with Gasteiger partial charge >= 0.3 is 5.97 Å². The summed E-state index contributed by atoms with van der Waals surface area (Å²) in [6.07, 6.45) is 5.97. The van der Waals surface area contributed by atoms with Gasteiger partial charge in [-0.3, -0.25) is 4.79 Å². The molecule has 0 radical (unpaired) electrons. The van der Waals surface area contributed by atoms with E-state index in [1.54, 1.807) is 0 Å². The molecule has 18 heavy (non-hydrogen) atoms. The molecule has 0 fully saturated rings. The largest absolute Gasteiger partial charge is 0.481 e. The standard InChI is InChI=1S/C11H13NO4S2/c1-2-3-4-7-12-18(15,16)11-6-5-9(17-11)8-10(13)14/h1,5-6,12H,3-4,7-8H2,(H,13,14). The number of hydrogen-bond donors (Lipinski definition) is 2. The molecule has 0 aromatic carbocycles. The predicted molar refractivity (Wildman–Crippen MR) is 68.9 cm³/mol. The molecule has 0 saturated heterocycles. The molecule has 98 valence electrons. The van der Waals surface area contributed by atoms with Gasteiger partial charge in [-0.25, -0.2) is 13.1 Å². The third-order valence-electron chi connectivity index (χ3n) is 2.02. The molecule has 0 atom stereocenters. The zero-order valence-electron chi connectivity index (χ0n) is 9.55. The summed E-state index contributed by atoms with van der Waals surface area (Å²) in [6.45, 7) is 0.276. The minimum absolute atomic E-state index is 0.124. The van der Waals surface area contributed by atoms with Crippen molar-refractivity contribution < 1.29 is 18.3 Å². The van der Waals surface area contributed by atoms with Crippen molar-refractivity contribution >= 4 is 27.3 Å². The van der Waals surface area contributed by atoms with E-state index in [1.807, 2.05) is 0 Å². The number of hydrogen-bond acceptors (Lipinski definition) is 4. The van der Waals surface area contributed by atoms with E-state index in [2.05, 4.69) is 10.6 Å². The molecule has 2 N–H and O–H groups in total. The highest BCUT2D eigenvalue weighted by molar-refractivity contribution is 7.91. The zero-order valence-corrected chi connectivity index (χ0v) is 11.2. The smallest absolute Gasteiger partial charge is 0.308 e. The molecule has 0 bridgehead atoms. The van der Waals surface area contributed by atoms with E-state index in [1.165, 1.54) is 12.1 Å². The normalized spacial score (nSPS) is 11.1. The van der Waals surface area contributed by atoms with Gasteiger partial charge in [0.2, 0.25) is 10.0 Å². The quantitative estimate of drug-likeness (QED) is 0.580. The van der Waals surface area contributed by atoms with Crippen molar-refractivity contribution in [1.82, 2.24) is 4.72 Å². The molecule has 7 heteroatoms. The Morgan fingerprint density at radius 1 is 1.50 bits per heavy atom. The van der Waals surface area contributed by atoms with Crippen LogP contribution in [0.4, 0.5) is 0 Å². The molecule has 0 spiro atoms. The molecule has 0 amide bonds. The Bertz CT molecular complexity index is 554. The summed E-state index contributed by atoms with van der Waals surface area (Å²) in [5.74, 6) is 1.44. The average molecular weight is 287 g/mol. The van der Waals surface area contributed by atoms with Gasteiger partial charge in [0.25, 0.3) is 0 Å². The van der Waals surface area contributed by atoms with Crippen molar-refractivity contribution in [3.8, 4) is 12.3 Å². The highest BCUT2D eigenvalue weighted by atomic mass is 32.2. The monoisotopic (exact) mass is 287 g/mol. The van der Waals surface area contributed by atoms with Crippen molar-refractivity contribution in [3.05, 3.63) is 17.0 Å². The minimum atomic E-state index is -3.55. The van der Waals surface area contributed by atoms with E-state index in [-0.39, 0.29) is 17.2 Å². The van der Waals surface area contributed by atoms with Crippen LogP contribution in [-0.2, 0) is 21.2 Å². The first-order chi connectivity index (χ1) is 8.45. The van der Waals surface area contributed by atoms with Gasteiger partial charge in [0.05, 0.1) is 6.42 Å². The Kier molecular flexibility index (Phi) is 5.34. The molecule has 0 aliphatic carbocycles. The molecule has 1 rings (SSSR count). The summed E-state index contributed by atoms with van der Waals surface area (Å²) in [4.78, 5) is 11.0. The van der Waals surface area contributed by atoms with Gasteiger partial charge in [-0.05, 0) is 18.6 Å². The lowest BCUT2D eigenvalue weighted by molar-refractivity contribution is -0.136. The third-order valence-corrected chi connectivity index (χ3v) is 5.06. The lowest BCUT2D eigenvalue weighted by Crippen LogP contribution is -2.23. The molecule has 1 heterocycles. The van der Waals surface area contributed by atoms with E-state index in [0.717, 1.165) is 11.3 Å². The van der Waals surface area contributed by atoms with Crippen LogP contribution in [0.2, 0.25) is 0 Å². The summed E-state index contributed by atoms with van der Waals surface area (Å²) in [5.41, 5.74) is 0. The van der Waals surface area contributed by atoms with E-state index in [4.69, 9.17) is 11.5 Å². The van der Waals surface area contributed by atoms with Crippen molar-refractivity contribution in [1.29, 1.82) is 0 Å². The van der Waals surface area contributed by atoms with Crippen LogP contribution < -0.4 is 4.72 Å². The maximum Gasteiger partial charge on any atom is 0.308 e. The Hall–Kier alpha value is -1.36. The van der Waals surface area contributed by atoms with Gasteiger partial charge < -0.3 is 5.11 Å². The summed E-state index contributed by atoms with van der Waals surface area (Å²) in [5, 5.41) is 8.60. The SMILES string of the molecule is C#CCCCNS(=O)(=O)c1ccc(CC(=O)O)s1. The number of carboxylic acids is 1. The number of thiophene rings is 1. The van der Waals surface area contributed by atoms with Crippen LogP contribution in [-0.4, -0.2) is 26.0 Å². The molecule has 1 aromatic rings. The molecule has 0 unspecified atom stereocenters. The van der Waals surface area contributed by atoms with Gasteiger partial charge in [0.15, 0.2) is 0 Å². The lowest BCUT2D eigenvalue weighted by atomic mass is 10.3. The van der Waals surface area contributed by atoms with Gasteiger partial charge in [-0.2, -0.15) is 0 Å². The summed E-state index contributed by atoms with van der Waals surface area (Å²) >= 11 is 0.960. The Balaban J connectivity index is 2.65. The summed E-state index contributed by atoms with van der Waals surface area (Å²) < 4.78 is 26.1. The van der Waals surface area contributed by atoms with E-state index in [9.17, 15) is 13.2 Å². The highest BCUT2D eigenvalue weighted by Crippen LogP contribution is 2.21. The number of carboxylic acid groups (broad SMARTS) is 1. The second-order valence-electron chi connectivity index (χ2n) is 3.50. The molecular weight excluding hydrogens is 274 g/mol. The molecule has 0 aliphatic rings. The maximum atomic E-state index is 11.8. The number of unbranched alkanes of at least 4 members (excludes halogenated alkanes) is 1. The van der Waals surface area contributed by atoms with Crippen LogP contribution in [0.5, 0.6) is 0 Å². The van der Waals surface area contributed by atoms with Crippen molar-refractivity contribution in [3.63, 3.8) is 0 Å². The first kappa shape index (κ1) is 14.7. The van der Waals surface area contributed by atoms with Crippen LogP contribution in [0.3, 0.4) is 0 Å². The third kappa shape index (κ3) is 4.49. The minimum Gasteiger partial charge on any atom is -0.481 e. The Morgan fingerprint density at radius 2 is 2.22 bits per heavy atom. The predicted octanol–water partition coefficient (Wildman–Crippen LogP) is 1.07. The van der Waals surface area contributed by atoms with E-state index >= 15 is 0 Å². The number of aliphatic carboxylic acids is 1. The topological polar surface area (TPSA) is 83.5 Å². The Morgan fingerprint density at radius 3 is 2.83 bits per heavy atom. The number of terminal acetylenes is 1. The molecule has 0 aliphatic heterocycles.